The van der Waals surface area contributed by atoms with Crippen molar-refractivity contribution in [1.29, 1.82) is 0 Å². The van der Waals surface area contributed by atoms with Gasteiger partial charge in [0.2, 0.25) is 0 Å². The van der Waals surface area contributed by atoms with Crippen LogP contribution >= 0.6 is 0 Å². The third kappa shape index (κ3) is 36.3. The summed E-state index contributed by atoms with van der Waals surface area (Å²) in [6, 6.07) is 0. The van der Waals surface area contributed by atoms with Gasteiger partial charge in [-0.25, -0.2) is 4.18 Å². The first-order valence-corrected chi connectivity index (χ1v) is 26.7. The molecule has 0 radical (unpaired) electrons. The van der Waals surface area contributed by atoms with Crippen LogP contribution in [0.15, 0.2) is 85.1 Å². The van der Waals surface area contributed by atoms with Gasteiger partial charge in [0, 0.05) is 6.61 Å². The van der Waals surface area contributed by atoms with E-state index >= 15 is 0 Å². The number of esters is 1. The molecule has 1 aliphatic heterocycles. The summed E-state index contributed by atoms with van der Waals surface area (Å²) in [5.41, 5.74) is 0. The molecule has 0 spiro atoms. The van der Waals surface area contributed by atoms with Crippen LogP contribution in [0.5, 0.6) is 0 Å². The fraction of sp³-hybridized carbons (Fsp3) is 0.717. The number of aliphatic hydroxyl groups excluding tert-OH is 3. The molecule has 13 heteroatoms. The maximum atomic E-state index is 12.8. The van der Waals surface area contributed by atoms with E-state index in [2.05, 4.69) is 84.9 Å². The first-order valence-electron chi connectivity index (χ1n) is 25.3. The van der Waals surface area contributed by atoms with E-state index in [1.165, 1.54) is 103 Å². The van der Waals surface area contributed by atoms with Crippen LogP contribution in [0.3, 0.4) is 0 Å². The van der Waals surface area contributed by atoms with Crippen LogP contribution in [-0.2, 0) is 38.3 Å². The predicted octanol–water partition coefficient (Wildman–Crippen LogP) is 11.6. The summed E-state index contributed by atoms with van der Waals surface area (Å²) in [4.78, 5) is 12.8. The van der Waals surface area contributed by atoms with E-state index in [1.54, 1.807) is 6.08 Å². The monoisotopic (exact) mass is 951 g/mol. The van der Waals surface area contributed by atoms with Crippen molar-refractivity contribution in [2.24, 2.45) is 0 Å². The molecule has 0 aromatic carbocycles. The standard InChI is InChI=1S/C53H90O12S/c1-3-5-7-9-11-13-15-17-19-20-21-22-23-24-25-26-27-29-31-33-35-37-39-41-43-61-45-47(46-62-53-51(57)52(65-66(58,59)60)50(56)48(44-54)64-53)63-49(55)42-40-38-36-34-32-30-28-18-16-14-12-10-8-6-4-2/h6,8,12,14-15,17-18,20-21,28,32,34,38,40,47-48,50-54,56-57H,3-5,7,9-11,13,16,19,22-27,29-31,33,35-37,39,41-46H2,1-2H3,(H,58,59,60)/b8-6-,14-12-,17-15-,21-20-,28-18-,34-32-,40-38-. The summed E-state index contributed by atoms with van der Waals surface area (Å²) in [6.07, 6.45) is 49.4. The van der Waals surface area contributed by atoms with Gasteiger partial charge in [-0.1, -0.05) is 189 Å². The Balaban J connectivity index is 2.38. The van der Waals surface area contributed by atoms with Gasteiger partial charge in [0.25, 0.3) is 0 Å². The van der Waals surface area contributed by atoms with Crippen molar-refractivity contribution in [2.45, 2.75) is 218 Å². The van der Waals surface area contributed by atoms with E-state index in [4.69, 9.17) is 18.9 Å². The van der Waals surface area contributed by atoms with Crippen LogP contribution < -0.4 is 0 Å². The van der Waals surface area contributed by atoms with Crippen LogP contribution in [-0.4, -0.2) is 97.5 Å². The Morgan fingerprint density at radius 3 is 1.53 bits per heavy atom. The van der Waals surface area contributed by atoms with Gasteiger partial charge in [-0.15, -0.1) is 0 Å². The van der Waals surface area contributed by atoms with Gasteiger partial charge in [0.1, 0.15) is 30.5 Å². The summed E-state index contributed by atoms with van der Waals surface area (Å²) in [6.45, 7) is 3.74. The van der Waals surface area contributed by atoms with Crippen LogP contribution in [0.4, 0.5) is 0 Å². The lowest BCUT2D eigenvalue weighted by molar-refractivity contribution is -0.301. The Labute approximate surface area is 400 Å². The van der Waals surface area contributed by atoms with Crippen LogP contribution in [0.1, 0.15) is 181 Å². The van der Waals surface area contributed by atoms with E-state index in [9.17, 15) is 33.1 Å². The largest absolute Gasteiger partial charge is 0.457 e. The second-order valence-corrected chi connectivity index (χ2v) is 18.1. The molecule has 0 aromatic rings. The molecule has 66 heavy (non-hydrogen) atoms. The molecule has 0 aliphatic carbocycles. The lowest BCUT2D eigenvalue weighted by Crippen LogP contribution is -2.60. The second-order valence-electron chi connectivity index (χ2n) is 17.0. The number of aliphatic hydroxyl groups is 3. The average Bonchev–Trinajstić information content (AvgIpc) is 3.29. The fourth-order valence-corrected chi connectivity index (χ4v) is 7.76. The smallest absolute Gasteiger partial charge is 0.397 e. The molecule has 6 atom stereocenters. The van der Waals surface area contributed by atoms with E-state index in [0.29, 0.717) is 13.0 Å². The molecule has 12 nitrogen and oxygen atoms in total. The van der Waals surface area contributed by atoms with Gasteiger partial charge < -0.3 is 34.3 Å². The molecule has 1 aliphatic rings. The topological polar surface area (TPSA) is 178 Å². The summed E-state index contributed by atoms with van der Waals surface area (Å²) in [5, 5.41) is 30.7. The highest BCUT2D eigenvalue weighted by Crippen LogP contribution is 2.26. The molecule has 1 heterocycles. The van der Waals surface area contributed by atoms with Crippen molar-refractivity contribution < 1.29 is 56.2 Å². The normalized spacial score (nSPS) is 20.2. The zero-order valence-corrected chi connectivity index (χ0v) is 41.5. The van der Waals surface area contributed by atoms with Crippen molar-refractivity contribution in [2.75, 3.05) is 26.4 Å². The zero-order chi connectivity index (χ0) is 48.2. The number of allylic oxidation sites excluding steroid dienone is 13. The van der Waals surface area contributed by atoms with Gasteiger partial charge in [0.05, 0.1) is 26.2 Å². The molecule has 6 unspecified atom stereocenters. The molecule has 4 N–H and O–H groups in total. The van der Waals surface area contributed by atoms with Crippen LogP contribution in [0.2, 0.25) is 0 Å². The van der Waals surface area contributed by atoms with E-state index in [-0.39, 0.29) is 19.6 Å². The molecular formula is C53H90O12S. The van der Waals surface area contributed by atoms with Gasteiger partial charge in [-0.3, -0.25) is 9.35 Å². The highest BCUT2D eigenvalue weighted by atomic mass is 32.3. The lowest BCUT2D eigenvalue weighted by atomic mass is 9.99. The number of ether oxygens (including phenoxy) is 4. The van der Waals surface area contributed by atoms with Crippen molar-refractivity contribution in [3.05, 3.63) is 85.1 Å². The highest BCUT2D eigenvalue weighted by Gasteiger charge is 2.48. The SMILES string of the molecule is CC/C=C\C/C=C\C/C=C\C/C=C\C/C=C\CC(=O)OC(COCCCCCCCCCCCCCC/C=C\C/C=C\CCCCCCC)COC1OC(CO)C(O)C(OS(=O)(=O)O)C1O. The lowest BCUT2D eigenvalue weighted by Gasteiger charge is -2.41. The van der Waals surface area contributed by atoms with Crippen LogP contribution in [0, 0.1) is 0 Å². The zero-order valence-electron chi connectivity index (χ0n) is 40.7. The molecule has 380 valence electrons. The molecular weight excluding hydrogens is 861 g/mol. The third-order valence-electron chi connectivity index (χ3n) is 11.0. The Morgan fingerprint density at radius 2 is 1.05 bits per heavy atom. The minimum Gasteiger partial charge on any atom is -0.457 e. The molecule has 0 amide bonds. The minimum atomic E-state index is -5.08. The van der Waals surface area contributed by atoms with Gasteiger partial charge >= 0.3 is 16.4 Å². The molecule has 0 bridgehead atoms. The Hall–Kier alpha value is -2.72. The number of unbranched alkanes of at least 4 members (excludes halogenated alkanes) is 17. The molecule has 1 rings (SSSR count). The van der Waals surface area contributed by atoms with Gasteiger partial charge in [-0.05, 0) is 70.6 Å². The third-order valence-corrected chi connectivity index (χ3v) is 11.5. The molecule has 1 saturated heterocycles. The average molecular weight is 951 g/mol. The predicted molar refractivity (Wildman–Crippen MR) is 266 cm³/mol. The van der Waals surface area contributed by atoms with Crippen molar-refractivity contribution in [3.63, 3.8) is 0 Å². The fourth-order valence-electron chi connectivity index (χ4n) is 7.25. The molecule has 1 fully saturated rings. The molecule has 0 aromatic heterocycles. The van der Waals surface area contributed by atoms with Crippen molar-refractivity contribution in [3.8, 4) is 0 Å². The molecule has 0 saturated carbocycles. The van der Waals surface area contributed by atoms with E-state index < -0.39 is 59.8 Å². The van der Waals surface area contributed by atoms with Crippen molar-refractivity contribution >= 4 is 16.4 Å². The Morgan fingerprint density at radius 1 is 0.591 bits per heavy atom. The Kier molecular flexibility index (Phi) is 40.4. The number of carbonyl (C=O) groups excluding carboxylic acids is 1. The van der Waals surface area contributed by atoms with E-state index in [1.807, 2.05) is 12.2 Å². The maximum absolute atomic E-state index is 12.8. The second kappa shape index (κ2) is 43.6. The van der Waals surface area contributed by atoms with E-state index in [0.717, 1.165) is 51.4 Å². The summed E-state index contributed by atoms with van der Waals surface area (Å²) < 4.78 is 59.0. The maximum Gasteiger partial charge on any atom is 0.397 e. The first kappa shape index (κ1) is 61.3. The van der Waals surface area contributed by atoms with Gasteiger partial charge in [-0.2, -0.15) is 8.42 Å². The Bertz CT molecular complexity index is 1470. The number of hydrogen-bond acceptors (Lipinski definition) is 11. The number of hydrogen-bond donors (Lipinski definition) is 4. The van der Waals surface area contributed by atoms with Crippen LogP contribution in [0.25, 0.3) is 0 Å². The summed E-state index contributed by atoms with van der Waals surface area (Å²) in [5.74, 6) is -0.528. The number of rotatable bonds is 43. The minimum absolute atomic E-state index is 0.00523. The highest BCUT2D eigenvalue weighted by molar-refractivity contribution is 7.80. The van der Waals surface area contributed by atoms with Gasteiger partial charge in [0.15, 0.2) is 6.29 Å². The summed E-state index contributed by atoms with van der Waals surface area (Å²) in [7, 11) is -5.08. The van der Waals surface area contributed by atoms with Crippen molar-refractivity contribution in [1.82, 2.24) is 0 Å². The quantitative estimate of drug-likeness (QED) is 0.0197. The summed E-state index contributed by atoms with van der Waals surface area (Å²) >= 11 is 0. The number of carbonyl (C=O) groups is 1. The first-order chi connectivity index (χ1) is 32.1.